The lowest BCUT2D eigenvalue weighted by molar-refractivity contribution is -0.139. The van der Waals surface area contributed by atoms with E-state index in [9.17, 15) is 13.2 Å². The summed E-state index contributed by atoms with van der Waals surface area (Å²) < 4.78 is 50.1. The first-order chi connectivity index (χ1) is 12.0. The molecule has 0 radical (unpaired) electrons. The lowest BCUT2D eigenvalue weighted by atomic mass is 10.3. The molecule has 1 heterocycles. The van der Waals surface area contributed by atoms with Crippen molar-refractivity contribution in [3.63, 3.8) is 0 Å². The molecule has 3 rings (SSSR count). The van der Waals surface area contributed by atoms with Crippen LogP contribution in [0.4, 0.5) is 24.8 Å². The van der Waals surface area contributed by atoms with Gasteiger partial charge in [-0.2, -0.15) is 18.2 Å². The Morgan fingerprint density at radius 1 is 1.12 bits per heavy atom. The van der Waals surface area contributed by atoms with Gasteiger partial charge in [-0.15, -0.1) is 0 Å². The summed E-state index contributed by atoms with van der Waals surface area (Å²) in [5.74, 6) is 0.292. The zero-order valence-corrected chi connectivity index (χ0v) is 13.6. The van der Waals surface area contributed by atoms with Crippen LogP contribution in [0.2, 0.25) is 0 Å². The molecule has 0 atom stereocenters. The fourth-order valence-electron chi connectivity index (χ4n) is 2.68. The van der Waals surface area contributed by atoms with E-state index in [0.29, 0.717) is 11.4 Å². The molecule has 1 aromatic heterocycles. The van der Waals surface area contributed by atoms with Gasteiger partial charge in [-0.1, -0.05) is 0 Å². The highest BCUT2D eigenvalue weighted by molar-refractivity contribution is 5.55. The average molecular weight is 353 g/mol. The minimum atomic E-state index is -4.56. The molecular weight excluding hydrogens is 335 g/mol. The summed E-state index contributed by atoms with van der Waals surface area (Å²) in [5, 5.41) is 2.87. The number of ether oxygens (including phenoxy) is 2. The van der Waals surface area contributed by atoms with E-state index in [1.165, 1.54) is 0 Å². The molecule has 1 saturated carbocycles. The maximum absolute atomic E-state index is 13.2. The molecule has 1 N–H and O–H groups in total. The van der Waals surface area contributed by atoms with Crippen LogP contribution in [0, 0.1) is 0 Å². The molecule has 5 nitrogen and oxygen atoms in total. The summed E-state index contributed by atoms with van der Waals surface area (Å²) in [6, 6.07) is 6.89. The molecule has 1 aliphatic rings. The molecule has 0 saturated heterocycles. The molecule has 0 spiro atoms. The highest BCUT2D eigenvalue weighted by Gasteiger charge is 2.37. The number of alkyl halides is 3. The Hall–Kier alpha value is -2.51. The Morgan fingerprint density at radius 3 is 2.40 bits per heavy atom. The van der Waals surface area contributed by atoms with Gasteiger partial charge in [0.1, 0.15) is 17.4 Å². The number of halogens is 3. The van der Waals surface area contributed by atoms with Crippen LogP contribution < -0.4 is 14.8 Å². The maximum atomic E-state index is 13.2. The monoisotopic (exact) mass is 353 g/mol. The first-order valence-corrected chi connectivity index (χ1v) is 7.97. The van der Waals surface area contributed by atoms with Crippen LogP contribution in [0.15, 0.2) is 30.5 Å². The second-order valence-corrected chi connectivity index (χ2v) is 5.79. The normalized spacial score (nSPS) is 15.2. The van der Waals surface area contributed by atoms with Gasteiger partial charge in [0.2, 0.25) is 11.8 Å². The molecule has 8 heteroatoms. The Morgan fingerprint density at radius 2 is 1.80 bits per heavy atom. The minimum Gasteiger partial charge on any atom is -0.497 e. The second-order valence-electron chi connectivity index (χ2n) is 5.79. The molecule has 0 amide bonds. The summed E-state index contributed by atoms with van der Waals surface area (Å²) in [4.78, 5) is 7.71. The maximum Gasteiger partial charge on any atom is 0.423 e. The Labute approximate surface area is 143 Å². The van der Waals surface area contributed by atoms with Crippen LogP contribution in [0.25, 0.3) is 0 Å². The van der Waals surface area contributed by atoms with Crippen molar-refractivity contribution in [1.82, 2.24) is 9.97 Å². The minimum absolute atomic E-state index is 0.0474. The highest BCUT2D eigenvalue weighted by atomic mass is 19.4. The van der Waals surface area contributed by atoms with E-state index in [-0.39, 0.29) is 12.1 Å². The van der Waals surface area contributed by atoms with Crippen molar-refractivity contribution < 1.29 is 22.6 Å². The lowest BCUT2D eigenvalue weighted by Gasteiger charge is -2.17. The summed E-state index contributed by atoms with van der Waals surface area (Å²) in [6.45, 7) is 0. The van der Waals surface area contributed by atoms with Crippen molar-refractivity contribution in [1.29, 1.82) is 0 Å². The van der Waals surface area contributed by atoms with Crippen LogP contribution in [0.1, 0.15) is 31.2 Å². The van der Waals surface area contributed by atoms with Crippen molar-refractivity contribution in [2.75, 3.05) is 12.4 Å². The summed E-state index contributed by atoms with van der Waals surface area (Å²) in [7, 11) is 1.55. The van der Waals surface area contributed by atoms with E-state index in [2.05, 4.69) is 15.3 Å². The zero-order valence-electron chi connectivity index (χ0n) is 13.6. The summed E-state index contributed by atoms with van der Waals surface area (Å²) >= 11 is 0. The Bertz CT molecular complexity index is 714. The number of nitrogens with zero attached hydrogens (tertiary/aromatic N) is 2. The third-order valence-electron chi connectivity index (χ3n) is 3.99. The van der Waals surface area contributed by atoms with E-state index < -0.39 is 17.6 Å². The van der Waals surface area contributed by atoms with E-state index in [0.717, 1.165) is 31.9 Å². The molecule has 25 heavy (non-hydrogen) atoms. The fraction of sp³-hybridized carbons (Fsp3) is 0.412. The number of methoxy groups -OCH3 is 1. The van der Waals surface area contributed by atoms with Crippen molar-refractivity contribution in [2.45, 2.75) is 38.0 Å². The summed E-state index contributed by atoms with van der Waals surface area (Å²) in [6.07, 6.45) is -0.659. The van der Waals surface area contributed by atoms with Crippen LogP contribution in [-0.4, -0.2) is 23.2 Å². The predicted octanol–water partition coefficient (Wildman–Crippen LogP) is 4.57. The van der Waals surface area contributed by atoms with Gasteiger partial charge in [0.15, 0.2) is 0 Å². The predicted molar refractivity (Wildman–Crippen MR) is 86.2 cm³/mol. The fourth-order valence-corrected chi connectivity index (χ4v) is 2.68. The molecule has 0 aliphatic heterocycles. The topological polar surface area (TPSA) is 56.3 Å². The smallest absolute Gasteiger partial charge is 0.423 e. The number of aromatic nitrogens is 2. The van der Waals surface area contributed by atoms with Crippen molar-refractivity contribution >= 4 is 11.6 Å². The van der Waals surface area contributed by atoms with Crippen LogP contribution in [0.5, 0.6) is 11.6 Å². The molecular formula is C17H18F3N3O2. The number of nitrogens with one attached hydrogen (secondary N) is 1. The van der Waals surface area contributed by atoms with Crippen LogP contribution >= 0.6 is 0 Å². The standard InChI is InChI=1S/C17H18F3N3O2/c1-24-12-8-6-11(7-9-12)22-16-21-10-14(17(18,19)20)15(23-16)25-13-4-2-3-5-13/h6-10,13H,2-5H2,1H3,(H,21,22,23). The van der Waals surface area contributed by atoms with E-state index >= 15 is 0 Å². The highest BCUT2D eigenvalue weighted by Crippen LogP contribution is 2.37. The second kappa shape index (κ2) is 7.16. The third kappa shape index (κ3) is 4.32. The van der Waals surface area contributed by atoms with Crippen LogP contribution in [-0.2, 0) is 6.18 Å². The molecule has 1 aromatic carbocycles. The number of hydrogen-bond donors (Lipinski definition) is 1. The molecule has 134 valence electrons. The number of hydrogen-bond acceptors (Lipinski definition) is 5. The first-order valence-electron chi connectivity index (χ1n) is 7.97. The van der Waals surface area contributed by atoms with Crippen molar-refractivity contribution in [3.8, 4) is 11.6 Å². The molecule has 0 unspecified atom stereocenters. The molecule has 1 aliphatic carbocycles. The molecule has 0 bridgehead atoms. The zero-order chi connectivity index (χ0) is 17.9. The van der Waals surface area contributed by atoms with Gasteiger partial charge in [0.05, 0.1) is 7.11 Å². The average Bonchev–Trinajstić information content (AvgIpc) is 3.08. The van der Waals surface area contributed by atoms with Gasteiger partial charge in [0.25, 0.3) is 0 Å². The SMILES string of the molecule is COc1ccc(Nc2ncc(C(F)(F)F)c(OC3CCCC3)n2)cc1. The van der Waals surface area contributed by atoms with Crippen molar-refractivity contribution in [3.05, 3.63) is 36.0 Å². The van der Waals surface area contributed by atoms with E-state index in [4.69, 9.17) is 9.47 Å². The Balaban J connectivity index is 1.84. The van der Waals surface area contributed by atoms with Gasteiger partial charge >= 0.3 is 6.18 Å². The number of benzene rings is 1. The molecule has 2 aromatic rings. The largest absolute Gasteiger partial charge is 0.497 e. The first kappa shape index (κ1) is 17.3. The van der Waals surface area contributed by atoms with Crippen LogP contribution in [0.3, 0.4) is 0 Å². The van der Waals surface area contributed by atoms with Gasteiger partial charge < -0.3 is 14.8 Å². The number of anilines is 2. The van der Waals surface area contributed by atoms with Gasteiger partial charge in [0, 0.05) is 11.9 Å². The molecule has 1 fully saturated rings. The van der Waals surface area contributed by atoms with Gasteiger partial charge in [-0.05, 0) is 49.9 Å². The van der Waals surface area contributed by atoms with E-state index in [1.807, 2.05) is 0 Å². The van der Waals surface area contributed by atoms with E-state index in [1.54, 1.807) is 31.4 Å². The Kier molecular flexibility index (Phi) is 4.96. The summed E-state index contributed by atoms with van der Waals surface area (Å²) in [5.41, 5.74) is -0.327. The number of rotatable bonds is 5. The van der Waals surface area contributed by atoms with Gasteiger partial charge in [-0.25, -0.2) is 4.98 Å². The van der Waals surface area contributed by atoms with Gasteiger partial charge in [-0.3, -0.25) is 0 Å². The lowest BCUT2D eigenvalue weighted by Crippen LogP contribution is -2.17. The third-order valence-corrected chi connectivity index (χ3v) is 3.99. The quantitative estimate of drug-likeness (QED) is 0.853. The van der Waals surface area contributed by atoms with Crippen molar-refractivity contribution in [2.24, 2.45) is 0 Å².